The summed E-state index contributed by atoms with van der Waals surface area (Å²) in [7, 11) is 0. The molecule has 1 N–H and O–H groups in total. The molecule has 0 aromatic heterocycles. The first-order valence-corrected chi connectivity index (χ1v) is 6.09. The first-order valence-electron chi connectivity index (χ1n) is 6.09. The first kappa shape index (κ1) is 14.1. The van der Waals surface area contributed by atoms with Gasteiger partial charge in [0.15, 0.2) is 11.5 Å². The first-order chi connectivity index (χ1) is 8.77. The van der Waals surface area contributed by atoms with Gasteiger partial charge in [0.1, 0.15) is 0 Å². The lowest BCUT2D eigenvalue weighted by Gasteiger charge is -2.10. The third kappa shape index (κ3) is 4.91. The van der Waals surface area contributed by atoms with Crippen LogP contribution >= 0.6 is 0 Å². The zero-order chi connectivity index (χ0) is 13.2. The molecule has 1 amide bonds. The van der Waals surface area contributed by atoms with Gasteiger partial charge in [-0.1, -0.05) is 31.6 Å². The molecule has 0 heterocycles. The predicted molar refractivity (Wildman–Crippen MR) is 70.8 cm³/mol. The second-order valence-electron chi connectivity index (χ2n) is 3.68. The maximum atomic E-state index is 11.4. The monoisotopic (exact) mass is 249 g/mol. The van der Waals surface area contributed by atoms with Gasteiger partial charge in [-0.3, -0.25) is 5.32 Å². The molecule has 0 saturated carbocycles. The number of carbonyl (C=O) groups excluding carboxylic acids is 1. The summed E-state index contributed by atoms with van der Waals surface area (Å²) >= 11 is 0. The molecule has 0 aliphatic carbocycles. The van der Waals surface area contributed by atoms with E-state index in [1.165, 1.54) is 6.20 Å². The number of para-hydroxylation sites is 2. The molecule has 1 rings (SSSR count). The van der Waals surface area contributed by atoms with Crippen LogP contribution in [0.3, 0.4) is 0 Å². The summed E-state index contributed by atoms with van der Waals surface area (Å²) in [6.07, 6.45) is 4.73. The molecule has 0 spiro atoms. The molecule has 1 aromatic carbocycles. The highest BCUT2D eigenvalue weighted by Crippen LogP contribution is 2.26. The third-order valence-corrected chi connectivity index (χ3v) is 2.18. The Bertz CT molecular complexity index is 402. The number of rotatable bonds is 6. The molecule has 0 saturated heterocycles. The summed E-state index contributed by atoms with van der Waals surface area (Å²) in [6, 6.07) is 7.13. The van der Waals surface area contributed by atoms with E-state index in [1.807, 2.05) is 13.0 Å². The number of amides is 1. The molecule has 0 aliphatic rings. The van der Waals surface area contributed by atoms with E-state index in [0.29, 0.717) is 18.1 Å². The molecule has 0 bridgehead atoms. The van der Waals surface area contributed by atoms with Crippen LogP contribution in [0.25, 0.3) is 0 Å². The van der Waals surface area contributed by atoms with Gasteiger partial charge >= 0.3 is 6.09 Å². The SMILES string of the molecule is CC=CNC(=O)Oc1ccccc1OCCCC. The average molecular weight is 249 g/mol. The summed E-state index contributed by atoms with van der Waals surface area (Å²) in [6.45, 7) is 4.52. The van der Waals surface area contributed by atoms with E-state index < -0.39 is 6.09 Å². The zero-order valence-electron chi connectivity index (χ0n) is 10.8. The van der Waals surface area contributed by atoms with Gasteiger partial charge in [0.25, 0.3) is 0 Å². The van der Waals surface area contributed by atoms with Crippen molar-refractivity contribution < 1.29 is 14.3 Å². The Balaban J connectivity index is 2.60. The molecule has 1 aromatic rings. The van der Waals surface area contributed by atoms with Crippen LogP contribution in [0, 0.1) is 0 Å². The van der Waals surface area contributed by atoms with Gasteiger partial charge in [-0.2, -0.15) is 0 Å². The number of benzene rings is 1. The zero-order valence-corrected chi connectivity index (χ0v) is 10.8. The Hall–Kier alpha value is -1.97. The Morgan fingerprint density at radius 1 is 1.33 bits per heavy atom. The number of hydrogen-bond donors (Lipinski definition) is 1. The molecule has 18 heavy (non-hydrogen) atoms. The van der Waals surface area contributed by atoms with Crippen molar-refractivity contribution in [1.29, 1.82) is 0 Å². The summed E-state index contributed by atoms with van der Waals surface area (Å²) < 4.78 is 10.7. The van der Waals surface area contributed by atoms with Crippen LogP contribution < -0.4 is 14.8 Å². The normalized spacial score (nSPS) is 10.3. The van der Waals surface area contributed by atoms with E-state index in [9.17, 15) is 4.79 Å². The second kappa shape index (κ2) is 8.17. The van der Waals surface area contributed by atoms with E-state index in [0.717, 1.165) is 12.8 Å². The lowest BCUT2D eigenvalue weighted by Crippen LogP contribution is -2.21. The Kier molecular flexibility index (Phi) is 6.40. The van der Waals surface area contributed by atoms with Crippen molar-refractivity contribution in [2.75, 3.05) is 6.61 Å². The number of nitrogens with one attached hydrogen (secondary N) is 1. The van der Waals surface area contributed by atoms with Gasteiger partial charge in [0, 0.05) is 6.20 Å². The minimum atomic E-state index is -0.528. The van der Waals surface area contributed by atoms with Crippen molar-refractivity contribution >= 4 is 6.09 Å². The highest BCUT2D eigenvalue weighted by atomic mass is 16.6. The molecule has 0 unspecified atom stereocenters. The summed E-state index contributed by atoms with van der Waals surface area (Å²) in [5, 5.41) is 2.48. The van der Waals surface area contributed by atoms with E-state index in [4.69, 9.17) is 9.47 Å². The molecule has 0 fully saturated rings. The van der Waals surface area contributed by atoms with Crippen molar-refractivity contribution in [3.05, 3.63) is 36.5 Å². The molecule has 0 aliphatic heterocycles. The van der Waals surface area contributed by atoms with Gasteiger partial charge in [-0.25, -0.2) is 4.79 Å². The molecule has 0 radical (unpaired) electrons. The summed E-state index contributed by atoms with van der Waals surface area (Å²) in [5.74, 6) is 1.01. The maximum absolute atomic E-state index is 11.4. The fourth-order valence-corrected chi connectivity index (χ4v) is 1.26. The highest BCUT2D eigenvalue weighted by molar-refractivity contribution is 5.72. The lowest BCUT2D eigenvalue weighted by atomic mass is 10.3. The summed E-state index contributed by atoms with van der Waals surface area (Å²) in [5.41, 5.74) is 0. The molecular weight excluding hydrogens is 230 g/mol. The fourth-order valence-electron chi connectivity index (χ4n) is 1.26. The topological polar surface area (TPSA) is 47.6 Å². The van der Waals surface area contributed by atoms with Crippen LogP contribution in [0.15, 0.2) is 36.5 Å². The largest absolute Gasteiger partial charge is 0.490 e. The molecule has 4 heteroatoms. The number of hydrogen-bond acceptors (Lipinski definition) is 3. The maximum Gasteiger partial charge on any atom is 0.416 e. The van der Waals surface area contributed by atoms with Crippen LogP contribution in [0.2, 0.25) is 0 Å². The molecular formula is C14H19NO3. The number of carbonyl (C=O) groups is 1. The Morgan fingerprint density at radius 3 is 2.72 bits per heavy atom. The van der Waals surface area contributed by atoms with Crippen molar-refractivity contribution in [3.8, 4) is 11.5 Å². The van der Waals surface area contributed by atoms with Gasteiger partial charge in [0.2, 0.25) is 0 Å². The van der Waals surface area contributed by atoms with E-state index in [-0.39, 0.29) is 0 Å². The van der Waals surface area contributed by atoms with Crippen molar-refractivity contribution in [3.63, 3.8) is 0 Å². The Labute approximate surface area is 108 Å². The number of ether oxygens (including phenoxy) is 2. The van der Waals surface area contributed by atoms with Crippen LogP contribution in [-0.2, 0) is 0 Å². The second-order valence-corrected chi connectivity index (χ2v) is 3.68. The quantitative estimate of drug-likeness (QED) is 0.785. The molecule has 4 nitrogen and oxygen atoms in total. The lowest BCUT2D eigenvalue weighted by molar-refractivity contribution is 0.200. The van der Waals surface area contributed by atoms with Crippen LogP contribution in [-0.4, -0.2) is 12.7 Å². The van der Waals surface area contributed by atoms with Crippen molar-refractivity contribution in [2.45, 2.75) is 26.7 Å². The van der Waals surface area contributed by atoms with E-state index in [1.54, 1.807) is 24.3 Å². The van der Waals surface area contributed by atoms with Crippen molar-refractivity contribution in [2.24, 2.45) is 0 Å². The van der Waals surface area contributed by atoms with Crippen LogP contribution in [0.1, 0.15) is 26.7 Å². The van der Waals surface area contributed by atoms with Crippen molar-refractivity contribution in [1.82, 2.24) is 5.32 Å². The van der Waals surface area contributed by atoms with Gasteiger partial charge in [0.05, 0.1) is 6.61 Å². The highest BCUT2D eigenvalue weighted by Gasteiger charge is 2.08. The predicted octanol–water partition coefficient (Wildman–Crippen LogP) is 3.49. The average Bonchev–Trinajstić information content (AvgIpc) is 2.38. The minimum Gasteiger partial charge on any atom is -0.490 e. The molecule has 98 valence electrons. The summed E-state index contributed by atoms with van der Waals surface area (Å²) in [4.78, 5) is 11.4. The van der Waals surface area contributed by atoms with Crippen LogP contribution in [0.4, 0.5) is 4.79 Å². The van der Waals surface area contributed by atoms with Gasteiger partial charge < -0.3 is 9.47 Å². The van der Waals surface area contributed by atoms with E-state index in [2.05, 4.69) is 12.2 Å². The third-order valence-electron chi connectivity index (χ3n) is 2.18. The standard InChI is InChI=1S/C14H19NO3/c1-3-5-11-17-12-8-6-7-9-13(12)18-14(16)15-10-4-2/h4,6-10H,3,5,11H2,1-2H3,(H,15,16). The minimum absolute atomic E-state index is 0.426. The number of unbranched alkanes of at least 4 members (excludes halogenated alkanes) is 1. The van der Waals surface area contributed by atoms with Gasteiger partial charge in [-0.15, -0.1) is 0 Å². The smallest absolute Gasteiger partial charge is 0.416 e. The number of allylic oxidation sites excluding steroid dienone is 1. The van der Waals surface area contributed by atoms with E-state index >= 15 is 0 Å². The van der Waals surface area contributed by atoms with Crippen LogP contribution in [0.5, 0.6) is 11.5 Å². The Morgan fingerprint density at radius 2 is 2.06 bits per heavy atom. The molecule has 0 atom stereocenters. The fraction of sp³-hybridized carbons (Fsp3) is 0.357. The van der Waals surface area contributed by atoms with Gasteiger partial charge in [-0.05, 0) is 25.5 Å².